The number of rotatable bonds is 3. The Kier molecular flexibility index (Phi) is 3.77. The zero-order valence-corrected chi connectivity index (χ0v) is 5.91. The molecule has 0 aromatic heterocycles. The summed E-state index contributed by atoms with van der Waals surface area (Å²) in [5.41, 5.74) is 5.41. The summed E-state index contributed by atoms with van der Waals surface area (Å²) in [4.78, 5) is 0. The number of hydrogen-bond acceptors (Lipinski definition) is 3. The number of nitrogens with two attached hydrogens (primary N) is 1. The van der Waals surface area contributed by atoms with E-state index < -0.39 is 12.2 Å². The molecular weight excluding hydrogens is 118 g/mol. The summed E-state index contributed by atoms with van der Waals surface area (Å²) in [5.74, 6) is 0. The average molecular weight is 133 g/mol. The normalized spacial score (nSPS) is 21.0. The maximum Gasteiger partial charge on any atom is 0.0663 e. The molecule has 56 valence electrons. The number of aliphatic hydroxyl groups is 2. The van der Waals surface area contributed by atoms with Crippen molar-refractivity contribution in [2.24, 2.45) is 5.73 Å². The Labute approximate surface area is 55.5 Å². The minimum absolute atomic E-state index is 0.301. The Morgan fingerprint density at radius 2 is 1.78 bits per heavy atom. The van der Waals surface area contributed by atoms with Crippen LogP contribution in [0.2, 0.25) is 0 Å². The Morgan fingerprint density at radius 1 is 1.33 bits per heavy atom. The molecule has 0 bridgehead atoms. The van der Waals surface area contributed by atoms with Crippen molar-refractivity contribution in [2.45, 2.75) is 38.5 Å². The van der Waals surface area contributed by atoms with Gasteiger partial charge in [0.2, 0.25) is 0 Å². The molecule has 0 aliphatic carbocycles. The van der Waals surface area contributed by atoms with Crippen LogP contribution in [0.25, 0.3) is 0 Å². The minimum Gasteiger partial charge on any atom is -0.393 e. The number of hydrogen-bond donors (Lipinski definition) is 3. The van der Waals surface area contributed by atoms with Gasteiger partial charge in [0.25, 0.3) is 0 Å². The minimum atomic E-state index is -0.528. The lowest BCUT2D eigenvalue weighted by Gasteiger charge is -2.15. The van der Waals surface area contributed by atoms with Crippen LogP contribution in [0, 0.1) is 0 Å². The second-order valence-electron chi connectivity index (χ2n) is 2.49. The molecule has 0 aliphatic heterocycles. The van der Waals surface area contributed by atoms with Gasteiger partial charge in [0, 0.05) is 6.04 Å². The van der Waals surface area contributed by atoms with Gasteiger partial charge in [-0.1, -0.05) is 0 Å². The standard InChI is InChI=1S/C6H15NO2/c1-4(8)3-6(7)5(2)9/h4-6,8-9H,3,7H2,1-2H3. The molecule has 0 amide bonds. The maximum atomic E-state index is 8.83. The smallest absolute Gasteiger partial charge is 0.0663 e. The van der Waals surface area contributed by atoms with E-state index in [-0.39, 0.29) is 6.04 Å². The van der Waals surface area contributed by atoms with E-state index in [1.54, 1.807) is 13.8 Å². The molecule has 0 aliphatic rings. The first kappa shape index (κ1) is 8.88. The number of aliphatic hydroxyl groups excluding tert-OH is 2. The maximum absolute atomic E-state index is 8.83. The molecular formula is C6H15NO2. The van der Waals surface area contributed by atoms with Crippen molar-refractivity contribution in [1.82, 2.24) is 0 Å². The first-order valence-corrected chi connectivity index (χ1v) is 3.15. The summed E-state index contributed by atoms with van der Waals surface area (Å²) in [6.07, 6.45) is -0.494. The summed E-state index contributed by atoms with van der Waals surface area (Å²) < 4.78 is 0. The van der Waals surface area contributed by atoms with E-state index in [1.165, 1.54) is 0 Å². The molecule has 0 spiro atoms. The van der Waals surface area contributed by atoms with Gasteiger partial charge in [-0.2, -0.15) is 0 Å². The van der Waals surface area contributed by atoms with Crippen molar-refractivity contribution >= 4 is 0 Å². The van der Waals surface area contributed by atoms with Gasteiger partial charge in [-0.15, -0.1) is 0 Å². The summed E-state index contributed by atoms with van der Waals surface area (Å²) >= 11 is 0. The van der Waals surface area contributed by atoms with Crippen LogP contribution in [-0.4, -0.2) is 28.5 Å². The molecule has 0 rings (SSSR count). The fraction of sp³-hybridized carbons (Fsp3) is 1.00. The molecule has 0 saturated heterocycles. The van der Waals surface area contributed by atoms with Gasteiger partial charge < -0.3 is 15.9 Å². The van der Waals surface area contributed by atoms with E-state index in [2.05, 4.69) is 0 Å². The molecule has 0 fully saturated rings. The topological polar surface area (TPSA) is 66.5 Å². The van der Waals surface area contributed by atoms with Gasteiger partial charge in [0.15, 0.2) is 0 Å². The summed E-state index contributed by atoms with van der Waals surface area (Å²) in [5, 5.41) is 17.6. The first-order chi connectivity index (χ1) is 4.04. The molecule has 0 heterocycles. The summed E-state index contributed by atoms with van der Waals surface area (Å²) in [6.45, 7) is 3.27. The van der Waals surface area contributed by atoms with Crippen LogP contribution in [0.4, 0.5) is 0 Å². The van der Waals surface area contributed by atoms with Gasteiger partial charge in [0.05, 0.1) is 12.2 Å². The molecule has 0 aromatic rings. The Balaban J connectivity index is 3.38. The third-order valence-electron chi connectivity index (χ3n) is 1.23. The second-order valence-corrected chi connectivity index (χ2v) is 2.49. The Morgan fingerprint density at radius 3 is 1.89 bits per heavy atom. The monoisotopic (exact) mass is 133 g/mol. The lowest BCUT2D eigenvalue weighted by atomic mass is 10.1. The third-order valence-corrected chi connectivity index (χ3v) is 1.23. The molecule has 3 unspecified atom stereocenters. The molecule has 3 nitrogen and oxygen atoms in total. The van der Waals surface area contributed by atoms with Crippen molar-refractivity contribution in [2.75, 3.05) is 0 Å². The second kappa shape index (κ2) is 3.82. The van der Waals surface area contributed by atoms with Crippen LogP contribution in [0.3, 0.4) is 0 Å². The van der Waals surface area contributed by atoms with Gasteiger partial charge >= 0.3 is 0 Å². The lowest BCUT2D eigenvalue weighted by Crippen LogP contribution is -2.35. The van der Waals surface area contributed by atoms with Crippen LogP contribution in [0.5, 0.6) is 0 Å². The van der Waals surface area contributed by atoms with Gasteiger partial charge in [0.1, 0.15) is 0 Å². The predicted molar refractivity (Wildman–Crippen MR) is 36.0 cm³/mol. The van der Waals surface area contributed by atoms with Crippen molar-refractivity contribution in [3.63, 3.8) is 0 Å². The van der Waals surface area contributed by atoms with Crippen LogP contribution < -0.4 is 5.73 Å². The highest BCUT2D eigenvalue weighted by Crippen LogP contribution is 1.98. The van der Waals surface area contributed by atoms with Crippen LogP contribution in [-0.2, 0) is 0 Å². The molecule has 9 heavy (non-hydrogen) atoms. The lowest BCUT2D eigenvalue weighted by molar-refractivity contribution is 0.114. The van der Waals surface area contributed by atoms with Gasteiger partial charge in [-0.25, -0.2) is 0 Å². The van der Waals surface area contributed by atoms with E-state index >= 15 is 0 Å². The highest BCUT2D eigenvalue weighted by Gasteiger charge is 2.10. The predicted octanol–water partition coefficient (Wildman–Crippen LogP) is -0.535. The zero-order chi connectivity index (χ0) is 7.44. The fourth-order valence-corrected chi connectivity index (χ4v) is 0.591. The van der Waals surface area contributed by atoms with E-state index in [0.29, 0.717) is 6.42 Å². The molecule has 0 saturated carbocycles. The highest BCUT2D eigenvalue weighted by molar-refractivity contribution is 4.69. The van der Waals surface area contributed by atoms with Crippen molar-refractivity contribution in [3.8, 4) is 0 Å². The molecule has 4 N–H and O–H groups in total. The third kappa shape index (κ3) is 4.39. The first-order valence-electron chi connectivity index (χ1n) is 3.15. The zero-order valence-electron chi connectivity index (χ0n) is 5.91. The van der Waals surface area contributed by atoms with Crippen LogP contribution in [0.1, 0.15) is 20.3 Å². The van der Waals surface area contributed by atoms with Crippen molar-refractivity contribution < 1.29 is 10.2 Å². The van der Waals surface area contributed by atoms with Gasteiger partial charge in [-0.3, -0.25) is 0 Å². The van der Waals surface area contributed by atoms with Crippen molar-refractivity contribution in [3.05, 3.63) is 0 Å². The van der Waals surface area contributed by atoms with Crippen LogP contribution in [0.15, 0.2) is 0 Å². The molecule has 0 aromatic carbocycles. The fourth-order valence-electron chi connectivity index (χ4n) is 0.591. The highest BCUT2D eigenvalue weighted by atomic mass is 16.3. The Bertz CT molecular complexity index is 73.5. The SMILES string of the molecule is CC(O)CC(N)C(C)O. The molecule has 3 atom stereocenters. The largest absolute Gasteiger partial charge is 0.393 e. The molecule has 0 radical (unpaired) electrons. The van der Waals surface area contributed by atoms with E-state index in [0.717, 1.165) is 0 Å². The quantitative estimate of drug-likeness (QED) is 0.484. The average Bonchev–Trinajstić information content (AvgIpc) is 1.63. The van der Waals surface area contributed by atoms with Gasteiger partial charge in [-0.05, 0) is 20.3 Å². The summed E-state index contributed by atoms with van der Waals surface area (Å²) in [7, 11) is 0. The van der Waals surface area contributed by atoms with E-state index in [1.807, 2.05) is 0 Å². The van der Waals surface area contributed by atoms with E-state index in [4.69, 9.17) is 15.9 Å². The Hall–Kier alpha value is -0.120. The van der Waals surface area contributed by atoms with Crippen LogP contribution >= 0.6 is 0 Å². The van der Waals surface area contributed by atoms with Crippen molar-refractivity contribution in [1.29, 1.82) is 0 Å². The summed E-state index contributed by atoms with van der Waals surface area (Å²) in [6, 6.07) is -0.301. The van der Waals surface area contributed by atoms with E-state index in [9.17, 15) is 0 Å². The molecule has 3 heteroatoms.